The van der Waals surface area contributed by atoms with E-state index in [4.69, 9.17) is 0 Å². The molecular formula is C20H33F. The van der Waals surface area contributed by atoms with Crippen molar-refractivity contribution in [1.29, 1.82) is 0 Å². The van der Waals surface area contributed by atoms with Gasteiger partial charge in [-0.1, -0.05) is 32.4 Å². The Kier molecular flexibility index (Phi) is 3.78. The molecule has 0 nitrogen and oxygen atoms in total. The molecule has 0 heterocycles. The molecule has 2 saturated carbocycles. The predicted molar refractivity (Wildman–Crippen MR) is 88.0 cm³/mol. The Labute approximate surface area is 130 Å². The van der Waals surface area contributed by atoms with Gasteiger partial charge in [-0.15, -0.1) is 0 Å². The van der Waals surface area contributed by atoms with Gasteiger partial charge in [0.15, 0.2) is 0 Å². The minimum Gasteiger partial charge on any atom is -0.244 e. The zero-order valence-corrected chi connectivity index (χ0v) is 14.5. The molecule has 0 amide bonds. The maximum atomic E-state index is 15.1. The second-order valence-electron chi connectivity index (χ2n) is 9.10. The first-order valence-corrected chi connectivity index (χ1v) is 9.15. The summed E-state index contributed by atoms with van der Waals surface area (Å²) in [4.78, 5) is 0. The van der Waals surface area contributed by atoms with Crippen LogP contribution in [0.5, 0.6) is 0 Å². The summed E-state index contributed by atoms with van der Waals surface area (Å²) in [5.74, 6) is 1.56. The molecule has 0 aromatic heterocycles. The Morgan fingerprint density at radius 2 is 1.76 bits per heavy atom. The van der Waals surface area contributed by atoms with Gasteiger partial charge >= 0.3 is 0 Å². The van der Waals surface area contributed by atoms with Crippen LogP contribution >= 0.6 is 0 Å². The zero-order chi connectivity index (χ0) is 15.3. The lowest BCUT2D eigenvalue weighted by Crippen LogP contribution is -2.46. The molecule has 120 valence electrons. The van der Waals surface area contributed by atoms with Crippen LogP contribution in [0.4, 0.5) is 4.39 Å². The van der Waals surface area contributed by atoms with Gasteiger partial charge in [0.1, 0.15) is 5.67 Å². The van der Waals surface area contributed by atoms with Crippen LogP contribution in [0, 0.1) is 22.7 Å². The highest BCUT2D eigenvalue weighted by atomic mass is 19.1. The zero-order valence-electron chi connectivity index (χ0n) is 14.5. The van der Waals surface area contributed by atoms with Crippen LogP contribution < -0.4 is 0 Å². The van der Waals surface area contributed by atoms with Crippen molar-refractivity contribution in [2.24, 2.45) is 22.7 Å². The van der Waals surface area contributed by atoms with E-state index < -0.39 is 5.67 Å². The quantitative estimate of drug-likeness (QED) is 0.450. The molecule has 3 aliphatic rings. The summed E-state index contributed by atoms with van der Waals surface area (Å²) in [5, 5.41) is 0. The molecular weight excluding hydrogens is 259 g/mol. The molecule has 1 heteroatoms. The first kappa shape index (κ1) is 15.6. The molecule has 0 aromatic carbocycles. The van der Waals surface area contributed by atoms with Crippen molar-refractivity contribution in [2.75, 3.05) is 0 Å². The summed E-state index contributed by atoms with van der Waals surface area (Å²) < 4.78 is 15.1. The van der Waals surface area contributed by atoms with E-state index in [0.717, 1.165) is 31.1 Å². The molecule has 4 unspecified atom stereocenters. The number of hydrogen-bond acceptors (Lipinski definition) is 0. The van der Waals surface area contributed by atoms with Crippen molar-refractivity contribution in [3.05, 3.63) is 11.6 Å². The monoisotopic (exact) mass is 292 g/mol. The van der Waals surface area contributed by atoms with Gasteiger partial charge in [-0.05, 0) is 87.4 Å². The molecule has 3 rings (SSSR count). The van der Waals surface area contributed by atoms with Gasteiger partial charge in [-0.3, -0.25) is 0 Å². The van der Waals surface area contributed by atoms with Gasteiger partial charge in [0.05, 0.1) is 0 Å². The van der Waals surface area contributed by atoms with Gasteiger partial charge < -0.3 is 0 Å². The minimum absolute atomic E-state index is 0.176. The summed E-state index contributed by atoms with van der Waals surface area (Å²) in [6.45, 7) is 8.67. The number of alkyl halides is 1. The van der Waals surface area contributed by atoms with E-state index in [1.807, 2.05) is 6.92 Å². The second-order valence-corrected chi connectivity index (χ2v) is 9.10. The number of rotatable bonds is 0. The van der Waals surface area contributed by atoms with Crippen molar-refractivity contribution in [2.45, 2.75) is 91.2 Å². The smallest absolute Gasteiger partial charge is 0.113 e. The van der Waals surface area contributed by atoms with Crippen molar-refractivity contribution in [1.82, 2.24) is 0 Å². The molecule has 0 radical (unpaired) electrons. The third-order valence-electron chi connectivity index (χ3n) is 7.67. The number of fused-ring (bicyclic) bond motifs is 3. The maximum Gasteiger partial charge on any atom is 0.113 e. The van der Waals surface area contributed by atoms with E-state index in [2.05, 4.69) is 26.8 Å². The van der Waals surface area contributed by atoms with Crippen molar-refractivity contribution < 1.29 is 4.39 Å². The fraction of sp³-hybridized carbons (Fsp3) is 0.900. The van der Waals surface area contributed by atoms with Gasteiger partial charge in [-0.25, -0.2) is 4.39 Å². The van der Waals surface area contributed by atoms with Crippen molar-refractivity contribution in [3.63, 3.8) is 0 Å². The fourth-order valence-electron chi connectivity index (χ4n) is 5.48. The van der Waals surface area contributed by atoms with Crippen molar-refractivity contribution >= 4 is 0 Å². The lowest BCUT2D eigenvalue weighted by molar-refractivity contribution is -0.0326. The average Bonchev–Trinajstić information content (AvgIpc) is 2.41. The molecule has 0 bridgehead atoms. The largest absolute Gasteiger partial charge is 0.244 e. The Hall–Kier alpha value is -0.330. The molecule has 4 atom stereocenters. The van der Waals surface area contributed by atoms with E-state index in [-0.39, 0.29) is 5.41 Å². The summed E-state index contributed by atoms with van der Waals surface area (Å²) in [6, 6.07) is 0. The van der Waals surface area contributed by atoms with E-state index in [0.29, 0.717) is 5.41 Å². The average molecular weight is 292 g/mol. The third kappa shape index (κ3) is 2.49. The van der Waals surface area contributed by atoms with Crippen LogP contribution in [0.3, 0.4) is 0 Å². The first-order valence-electron chi connectivity index (χ1n) is 9.15. The van der Waals surface area contributed by atoms with Crippen LogP contribution in [0.15, 0.2) is 11.6 Å². The molecule has 0 saturated heterocycles. The Morgan fingerprint density at radius 1 is 1.00 bits per heavy atom. The second kappa shape index (κ2) is 5.10. The summed E-state index contributed by atoms with van der Waals surface area (Å²) in [7, 11) is 0. The first-order chi connectivity index (χ1) is 9.76. The Balaban J connectivity index is 1.88. The summed E-state index contributed by atoms with van der Waals surface area (Å²) >= 11 is 0. The predicted octanol–water partition coefficient (Wildman–Crippen LogP) is 6.46. The molecule has 0 aliphatic heterocycles. The minimum atomic E-state index is -0.998. The lowest BCUT2D eigenvalue weighted by Gasteiger charge is -2.53. The summed E-state index contributed by atoms with van der Waals surface area (Å²) in [5.41, 5.74) is 1.00. The molecule has 2 fully saturated rings. The van der Waals surface area contributed by atoms with Gasteiger partial charge in [0.2, 0.25) is 0 Å². The van der Waals surface area contributed by atoms with E-state index >= 15 is 4.39 Å². The molecule has 0 aromatic rings. The van der Waals surface area contributed by atoms with Crippen LogP contribution in [0.1, 0.15) is 85.5 Å². The van der Waals surface area contributed by atoms with Gasteiger partial charge in [-0.2, -0.15) is 0 Å². The number of halogens is 1. The van der Waals surface area contributed by atoms with Crippen LogP contribution in [-0.2, 0) is 0 Å². The highest BCUT2D eigenvalue weighted by Gasteiger charge is 2.50. The SMILES string of the molecule is CC12CCCC=C1CCC1CCC(C)(F)C(C)(C)CCC12. The Bertz CT molecular complexity index is 431. The van der Waals surface area contributed by atoms with Gasteiger partial charge in [0.25, 0.3) is 0 Å². The molecule has 21 heavy (non-hydrogen) atoms. The number of allylic oxidation sites excluding steroid dienone is 2. The number of hydrogen-bond donors (Lipinski definition) is 0. The van der Waals surface area contributed by atoms with Gasteiger partial charge in [0, 0.05) is 0 Å². The molecule has 0 spiro atoms. The highest BCUT2D eigenvalue weighted by molar-refractivity contribution is 5.22. The van der Waals surface area contributed by atoms with Crippen molar-refractivity contribution in [3.8, 4) is 0 Å². The van der Waals surface area contributed by atoms with E-state index in [1.165, 1.54) is 38.5 Å². The topological polar surface area (TPSA) is 0 Å². The Morgan fingerprint density at radius 3 is 2.52 bits per heavy atom. The standard InChI is InChI=1S/C20H33F/c1-18(2)13-11-17-15(10-14-20(18,4)21)8-9-16-7-5-6-12-19(16,17)3/h7,15,17H,5-6,8-14H2,1-4H3. The fourth-order valence-corrected chi connectivity index (χ4v) is 5.48. The van der Waals surface area contributed by atoms with Crippen LogP contribution in [0.2, 0.25) is 0 Å². The van der Waals surface area contributed by atoms with Crippen LogP contribution in [0.25, 0.3) is 0 Å². The maximum absolute atomic E-state index is 15.1. The highest BCUT2D eigenvalue weighted by Crippen LogP contribution is 2.58. The third-order valence-corrected chi connectivity index (χ3v) is 7.67. The van der Waals surface area contributed by atoms with E-state index in [9.17, 15) is 0 Å². The normalized spacial score (nSPS) is 46.6. The molecule has 3 aliphatic carbocycles. The summed E-state index contributed by atoms with van der Waals surface area (Å²) in [6.07, 6.45) is 13.3. The van der Waals surface area contributed by atoms with E-state index in [1.54, 1.807) is 5.57 Å². The lowest BCUT2D eigenvalue weighted by atomic mass is 9.52. The molecule has 0 N–H and O–H groups in total. The van der Waals surface area contributed by atoms with Crippen LogP contribution in [-0.4, -0.2) is 5.67 Å².